The van der Waals surface area contributed by atoms with Gasteiger partial charge in [-0.25, -0.2) is 9.59 Å². The van der Waals surface area contributed by atoms with Crippen molar-refractivity contribution in [2.75, 3.05) is 17.2 Å². The van der Waals surface area contributed by atoms with Gasteiger partial charge in [0.25, 0.3) is 11.5 Å². The van der Waals surface area contributed by atoms with Gasteiger partial charge in [0.05, 0.1) is 0 Å². The first kappa shape index (κ1) is 22.4. The Morgan fingerprint density at radius 1 is 1.28 bits per heavy atom. The van der Waals surface area contributed by atoms with Crippen LogP contribution >= 0.6 is 0 Å². The predicted molar refractivity (Wildman–Crippen MR) is 111 cm³/mol. The summed E-state index contributed by atoms with van der Waals surface area (Å²) in [5.74, 6) is -1.20. The molecule has 0 aliphatic heterocycles. The Labute approximate surface area is 169 Å². The lowest BCUT2D eigenvalue weighted by atomic mass is 10.2. The number of amides is 1. The number of unbranched alkanes of at least 4 members (excludes halogenated alkanes) is 1. The molecule has 2 rings (SSSR count). The van der Waals surface area contributed by atoms with Crippen LogP contribution in [0.25, 0.3) is 0 Å². The summed E-state index contributed by atoms with van der Waals surface area (Å²) in [5.41, 5.74) is 5.58. The highest BCUT2D eigenvalue weighted by Crippen LogP contribution is 2.29. The van der Waals surface area contributed by atoms with Crippen molar-refractivity contribution in [2.45, 2.75) is 71.9 Å². The topological polar surface area (TPSA) is 127 Å². The number of carbonyl (C=O) groups is 2. The van der Waals surface area contributed by atoms with Crippen molar-refractivity contribution in [1.29, 1.82) is 0 Å². The fourth-order valence-electron chi connectivity index (χ4n) is 3.50. The van der Waals surface area contributed by atoms with Crippen molar-refractivity contribution in [1.82, 2.24) is 9.55 Å². The standard InChI is InChI=1S/C20H30N4O5/c1-4-5-10-23-18(21)17(19(27)22-20(23)28)24(14-8-6-7-9-14)15(25)12-29-16(26)11-13(2)3/h11,14H,4-10,12,21H2,1-3H3,(H,22,27,28). The number of aromatic nitrogens is 2. The molecule has 9 heteroatoms. The van der Waals surface area contributed by atoms with Crippen LogP contribution in [-0.2, 0) is 20.9 Å². The number of carbonyl (C=O) groups excluding carboxylic acids is 2. The van der Waals surface area contributed by atoms with Gasteiger partial charge in [-0.05, 0) is 33.1 Å². The maximum atomic E-state index is 13.0. The van der Waals surface area contributed by atoms with E-state index in [-0.39, 0.29) is 17.5 Å². The molecule has 0 radical (unpaired) electrons. The third-order valence-electron chi connectivity index (χ3n) is 4.89. The number of hydrogen-bond donors (Lipinski definition) is 2. The maximum Gasteiger partial charge on any atom is 0.331 e. The van der Waals surface area contributed by atoms with E-state index in [1.54, 1.807) is 13.8 Å². The Morgan fingerprint density at radius 3 is 2.52 bits per heavy atom. The van der Waals surface area contributed by atoms with E-state index in [1.165, 1.54) is 15.5 Å². The van der Waals surface area contributed by atoms with Crippen LogP contribution in [0.3, 0.4) is 0 Å². The Hall–Kier alpha value is -2.84. The monoisotopic (exact) mass is 406 g/mol. The van der Waals surface area contributed by atoms with Gasteiger partial charge in [-0.3, -0.25) is 24.0 Å². The minimum absolute atomic E-state index is 0.0388. The first-order chi connectivity index (χ1) is 13.8. The zero-order chi connectivity index (χ0) is 21.6. The number of H-pyrrole nitrogens is 1. The maximum absolute atomic E-state index is 13.0. The number of aromatic amines is 1. The van der Waals surface area contributed by atoms with Gasteiger partial charge in [0.2, 0.25) is 0 Å². The van der Waals surface area contributed by atoms with Gasteiger partial charge in [-0.2, -0.15) is 0 Å². The van der Waals surface area contributed by atoms with Crippen LogP contribution in [0.2, 0.25) is 0 Å². The Balaban J connectivity index is 2.41. The van der Waals surface area contributed by atoms with E-state index in [0.29, 0.717) is 25.8 Å². The molecule has 0 spiro atoms. The number of nitrogen functional groups attached to an aromatic ring is 1. The van der Waals surface area contributed by atoms with E-state index in [4.69, 9.17) is 10.5 Å². The van der Waals surface area contributed by atoms with Gasteiger partial charge in [0, 0.05) is 18.7 Å². The lowest BCUT2D eigenvalue weighted by molar-refractivity contribution is -0.143. The molecule has 9 nitrogen and oxygen atoms in total. The van der Waals surface area contributed by atoms with Crippen molar-refractivity contribution in [3.05, 3.63) is 32.5 Å². The first-order valence-electron chi connectivity index (χ1n) is 10.0. The third-order valence-corrected chi connectivity index (χ3v) is 4.89. The second kappa shape index (κ2) is 10.1. The zero-order valence-corrected chi connectivity index (χ0v) is 17.3. The van der Waals surface area contributed by atoms with Crippen LogP contribution in [0, 0.1) is 0 Å². The van der Waals surface area contributed by atoms with E-state index in [1.807, 2.05) is 6.92 Å². The Bertz CT molecular complexity index is 889. The number of nitrogens with zero attached hydrogens (tertiary/aromatic N) is 2. The lowest BCUT2D eigenvalue weighted by Gasteiger charge is -2.29. The lowest BCUT2D eigenvalue weighted by Crippen LogP contribution is -2.47. The van der Waals surface area contributed by atoms with Gasteiger partial charge >= 0.3 is 11.7 Å². The summed E-state index contributed by atoms with van der Waals surface area (Å²) < 4.78 is 6.33. The minimum Gasteiger partial charge on any atom is -0.452 e. The van der Waals surface area contributed by atoms with Crippen LogP contribution in [0.4, 0.5) is 11.5 Å². The fraction of sp³-hybridized carbons (Fsp3) is 0.600. The molecule has 1 aliphatic carbocycles. The smallest absolute Gasteiger partial charge is 0.331 e. The largest absolute Gasteiger partial charge is 0.452 e. The summed E-state index contributed by atoms with van der Waals surface area (Å²) >= 11 is 0. The van der Waals surface area contributed by atoms with E-state index in [0.717, 1.165) is 24.8 Å². The molecule has 1 saturated carbocycles. The summed E-state index contributed by atoms with van der Waals surface area (Å²) in [6, 6.07) is -0.231. The summed E-state index contributed by atoms with van der Waals surface area (Å²) in [6.45, 7) is 5.30. The minimum atomic E-state index is -0.712. The highest BCUT2D eigenvalue weighted by molar-refractivity contribution is 5.98. The molecule has 1 heterocycles. The number of anilines is 2. The molecule has 0 saturated heterocycles. The summed E-state index contributed by atoms with van der Waals surface area (Å²) in [7, 11) is 0. The fourth-order valence-corrected chi connectivity index (χ4v) is 3.50. The molecule has 0 unspecified atom stereocenters. The number of allylic oxidation sites excluding steroid dienone is 1. The second-order valence-electron chi connectivity index (χ2n) is 7.53. The normalized spacial score (nSPS) is 13.9. The van der Waals surface area contributed by atoms with Crippen molar-refractivity contribution in [3.8, 4) is 0 Å². The van der Waals surface area contributed by atoms with Crippen LogP contribution in [0.5, 0.6) is 0 Å². The molecular weight excluding hydrogens is 376 g/mol. The van der Waals surface area contributed by atoms with Crippen LogP contribution in [0.1, 0.15) is 59.3 Å². The molecule has 1 amide bonds. The quantitative estimate of drug-likeness (QED) is 0.500. The van der Waals surface area contributed by atoms with E-state index in [2.05, 4.69) is 4.98 Å². The van der Waals surface area contributed by atoms with Gasteiger partial charge in [-0.1, -0.05) is 31.8 Å². The Morgan fingerprint density at radius 2 is 1.93 bits per heavy atom. The molecule has 3 N–H and O–H groups in total. The second-order valence-corrected chi connectivity index (χ2v) is 7.53. The van der Waals surface area contributed by atoms with Gasteiger partial charge in [0.1, 0.15) is 5.82 Å². The van der Waals surface area contributed by atoms with E-state index >= 15 is 0 Å². The van der Waals surface area contributed by atoms with Crippen LogP contribution in [-0.4, -0.2) is 34.1 Å². The summed E-state index contributed by atoms with van der Waals surface area (Å²) in [4.78, 5) is 53.1. The highest BCUT2D eigenvalue weighted by Gasteiger charge is 2.33. The number of ether oxygens (including phenoxy) is 1. The van der Waals surface area contributed by atoms with Crippen molar-refractivity contribution < 1.29 is 14.3 Å². The summed E-state index contributed by atoms with van der Waals surface area (Å²) in [6.07, 6.45) is 6.08. The van der Waals surface area contributed by atoms with Crippen LogP contribution < -0.4 is 21.9 Å². The van der Waals surface area contributed by atoms with E-state index < -0.39 is 29.7 Å². The molecule has 0 atom stereocenters. The molecule has 1 aliphatic rings. The zero-order valence-electron chi connectivity index (χ0n) is 17.3. The molecule has 0 aromatic carbocycles. The SMILES string of the molecule is CCCCn1c(N)c(N(C(=O)COC(=O)C=C(C)C)C2CCCC2)c(=O)[nH]c1=O. The number of nitrogens with one attached hydrogen (secondary N) is 1. The van der Waals surface area contributed by atoms with Crippen LogP contribution in [0.15, 0.2) is 21.2 Å². The van der Waals surface area contributed by atoms with Crippen molar-refractivity contribution in [2.24, 2.45) is 0 Å². The number of rotatable bonds is 8. The molecule has 1 aromatic heterocycles. The van der Waals surface area contributed by atoms with E-state index in [9.17, 15) is 19.2 Å². The number of esters is 1. The molecule has 160 valence electrons. The molecule has 0 bridgehead atoms. The van der Waals surface area contributed by atoms with Crippen molar-refractivity contribution in [3.63, 3.8) is 0 Å². The molecule has 29 heavy (non-hydrogen) atoms. The Kier molecular flexibility index (Phi) is 7.81. The van der Waals surface area contributed by atoms with Gasteiger partial charge < -0.3 is 10.5 Å². The number of nitrogens with two attached hydrogens (primary N) is 1. The summed E-state index contributed by atoms with van der Waals surface area (Å²) in [5, 5.41) is 0. The molecule has 1 fully saturated rings. The average Bonchev–Trinajstić information content (AvgIpc) is 3.16. The van der Waals surface area contributed by atoms with Crippen molar-refractivity contribution >= 4 is 23.4 Å². The number of hydrogen-bond acceptors (Lipinski definition) is 6. The molecular formula is C20H30N4O5. The first-order valence-corrected chi connectivity index (χ1v) is 10.0. The highest BCUT2D eigenvalue weighted by atomic mass is 16.5. The third kappa shape index (κ3) is 5.58. The average molecular weight is 406 g/mol. The van der Waals surface area contributed by atoms with Gasteiger partial charge in [-0.15, -0.1) is 0 Å². The molecule has 1 aromatic rings. The van der Waals surface area contributed by atoms with Gasteiger partial charge in [0.15, 0.2) is 12.3 Å². The predicted octanol–water partition coefficient (Wildman–Crippen LogP) is 1.70.